The third kappa shape index (κ3) is 4.82. The Morgan fingerprint density at radius 1 is 1.32 bits per heavy atom. The van der Waals surface area contributed by atoms with Gasteiger partial charge in [-0.25, -0.2) is 4.98 Å². The van der Waals surface area contributed by atoms with Gasteiger partial charge in [-0.3, -0.25) is 4.79 Å². The maximum Gasteiger partial charge on any atom is 0.220 e. The summed E-state index contributed by atoms with van der Waals surface area (Å²) < 4.78 is 0. The monoisotopic (exact) mass is 365 g/mol. The van der Waals surface area contributed by atoms with Gasteiger partial charge in [-0.1, -0.05) is 6.42 Å². The highest BCUT2D eigenvalue weighted by molar-refractivity contribution is 7.09. The second-order valence-corrected chi connectivity index (χ2v) is 7.18. The van der Waals surface area contributed by atoms with Gasteiger partial charge in [-0.2, -0.15) is 0 Å². The summed E-state index contributed by atoms with van der Waals surface area (Å²) in [6.07, 6.45) is 9.00. The zero-order valence-corrected chi connectivity index (χ0v) is 15.0. The van der Waals surface area contributed by atoms with Crippen LogP contribution in [0, 0.1) is 11.8 Å². The molecule has 2 aliphatic rings. The first kappa shape index (κ1) is 19.7. The smallest absolute Gasteiger partial charge is 0.220 e. The van der Waals surface area contributed by atoms with Crippen LogP contribution in [0.1, 0.15) is 43.5 Å². The van der Waals surface area contributed by atoms with E-state index in [4.69, 9.17) is 5.73 Å². The van der Waals surface area contributed by atoms with Crippen molar-refractivity contribution in [1.82, 2.24) is 10.3 Å². The molecule has 0 aromatic carbocycles. The van der Waals surface area contributed by atoms with Crippen LogP contribution in [-0.4, -0.2) is 23.0 Å². The normalized spacial score (nSPS) is 29.9. The maximum atomic E-state index is 12.2. The number of fused-ring (bicyclic) bond motifs is 2. The molecule has 3 N–H and O–H groups in total. The number of carbonyl (C=O) groups is 1. The fourth-order valence-corrected chi connectivity index (χ4v) is 4.50. The Balaban J connectivity index is 0.00000121. The van der Waals surface area contributed by atoms with Crippen molar-refractivity contribution in [2.45, 2.75) is 57.0 Å². The molecule has 0 aliphatic heterocycles. The molecule has 126 valence electrons. The maximum absolute atomic E-state index is 12.2. The highest BCUT2D eigenvalue weighted by Gasteiger charge is 2.39. The Kier molecular flexibility index (Phi) is 8.11. The van der Waals surface area contributed by atoms with Gasteiger partial charge in [-0.15, -0.1) is 36.2 Å². The van der Waals surface area contributed by atoms with E-state index in [-0.39, 0.29) is 30.7 Å². The van der Waals surface area contributed by atoms with Crippen LogP contribution in [0.4, 0.5) is 0 Å². The average molecular weight is 366 g/mol. The van der Waals surface area contributed by atoms with Crippen molar-refractivity contribution < 1.29 is 4.79 Å². The van der Waals surface area contributed by atoms with Gasteiger partial charge in [0.05, 0.1) is 5.01 Å². The number of nitrogens with two attached hydrogens (primary N) is 1. The van der Waals surface area contributed by atoms with Gasteiger partial charge in [0.1, 0.15) is 0 Å². The Hall–Kier alpha value is -0.360. The van der Waals surface area contributed by atoms with E-state index < -0.39 is 0 Å². The zero-order valence-electron chi connectivity index (χ0n) is 12.6. The number of carbonyl (C=O) groups excluding carboxylic acids is 1. The summed E-state index contributed by atoms with van der Waals surface area (Å²) in [6.45, 7) is 0. The Bertz CT molecular complexity index is 444. The molecule has 2 unspecified atom stereocenters. The highest BCUT2D eigenvalue weighted by atomic mass is 35.5. The molecular formula is C15H25Cl2N3OS. The predicted octanol–water partition coefficient (Wildman–Crippen LogP) is 2.94. The van der Waals surface area contributed by atoms with Crippen LogP contribution in [0.3, 0.4) is 0 Å². The molecule has 1 aromatic rings. The predicted molar refractivity (Wildman–Crippen MR) is 94.9 cm³/mol. The molecule has 4 nitrogen and oxygen atoms in total. The largest absolute Gasteiger partial charge is 0.353 e. The molecule has 3 rings (SSSR count). The van der Waals surface area contributed by atoms with Crippen molar-refractivity contribution in [3.8, 4) is 0 Å². The number of thiazole rings is 1. The molecule has 7 heteroatoms. The topological polar surface area (TPSA) is 68.0 Å². The zero-order chi connectivity index (χ0) is 13.9. The molecular weight excluding hydrogens is 341 g/mol. The molecule has 22 heavy (non-hydrogen) atoms. The van der Waals surface area contributed by atoms with E-state index in [1.165, 1.54) is 19.3 Å². The molecule has 2 aliphatic carbocycles. The molecule has 2 atom stereocenters. The van der Waals surface area contributed by atoms with Crippen LogP contribution in [0.15, 0.2) is 11.6 Å². The van der Waals surface area contributed by atoms with Gasteiger partial charge in [0, 0.05) is 36.5 Å². The van der Waals surface area contributed by atoms with Crippen LogP contribution < -0.4 is 11.1 Å². The molecule has 2 saturated carbocycles. The SMILES string of the molecule is Cl.Cl.NC1CC2CCCC(C1)C2NC(=O)CCc1nccs1. The minimum absolute atomic E-state index is 0. The third-order valence-corrected chi connectivity index (χ3v) is 5.59. The molecule has 2 fully saturated rings. The lowest BCUT2D eigenvalue weighted by Crippen LogP contribution is -2.53. The minimum Gasteiger partial charge on any atom is -0.353 e. The third-order valence-electron chi connectivity index (χ3n) is 4.75. The summed E-state index contributed by atoms with van der Waals surface area (Å²) >= 11 is 1.62. The average Bonchev–Trinajstić information content (AvgIpc) is 2.91. The number of halogens is 2. The van der Waals surface area contributed by atoms with Gasteiger partial charge < -0.3 is 11.1 Å². The van der Waals surface area contributed by atoms with Gasteiger partial charge in [0.25, 0.3) is 0 Å². The molecule has 0 saturated heterocycles. The van der Waals surface area contributed by atoms with E-state index >= 15 is 0 Å². The van der Waals surface area contributed by atoms with Crippen LogP contribution >= 0.6 is 36.2 Å². The fraction of sp³-hybridized carbons (Fsp3) is 0.733. The van der Waals surface area contributed by atoms with E-state index in [2.05, 4.69) is 10.3 Å². The summed E-state index contributed by atoms with van der Waals surface area (Å²) in [6, 6.07) is 0.709. The summed E-state index contributed by atoms with van der Waals surface area (Å²) in [4.78, 5) is 16.4. The van der Waals surface area contributed by atoms with Gasteiger partial charge >= 0.3 is 0 Å². The Morgan fingerprint density at radius 3 is 2.59 bits per heavy atom. The summed E-state index contributed by atoms with van der Waals surface area (Å²) in [7, 11) is 0. The standard InChI is InChI=1S/C15H23N3OS.2ClH/c16-12-8-10-2-1-3-11(9-12)15(10)18-13(19)4-5-14-17-6-7-20-14;;/h6-7,10-12,15H,1-5,8-9,16H2,(H,18,19);2*1H. The van der Waals surface area contributed by atoms with E-state index in [9.17, 15) is 4.79 Å². The molecule has 1 heterocycles. The van der Waals surface area contributed by atoms with Crippen LogP contribution in [0.25, 0.3) is 0 Å². The number of aromatic nitrogens is 1. The quantitative estimate of drug-likeness (QED) is 0.861. The van der Waals surface area contributed by atoms with Crippen molar-refractivity contribution >= 4 is 42.1 Å². The summed E-state index contributed by atoms with van der Waals surface area (Å²) in [5, 5.41) is 6.29. The number of amides is 1. The summed E-state index contributed by atoms with van der Waals surface area (Å²) in [5.74, 6) is 1.38. The van der Waals surface area contributed by atoms with Crippen molar-refractivity contribution in [3.05, 3.63) is 16.6 Å². The second-order valence-electron chi connectivity index (χ2n) is 6.20. The van der Waals surface area contributed by atoms with Crippen LogP contribution in [0.5, 0.6) is 0 Å². The molecule has 1 aromatic heterocycles. The van der Waals surface area contributed by atoms with Gasteiger partial charge in [0.15, 0.2) is 0 Å². The van der Waals surface area contributed by atoms with Gasteiger partial charge in [0.2, 0.25) is 5.91 Å². The molecule has 1 amide bonds. The van der Waals surface area contributed by atoms with E-state index in [1.807, 2.05) is 5.38 Å². The van der Waals surface area contributed by atoms with Crippen molar-refractivity contribution in [2.24, 2.45) is 17.6 Å². The number of rotatable bonds is 4. The molecule has 0 spiro atoms. The van der Waals surface area contributed by atoms with Crippen LogP contribution in [0.2, 0.25) is 0 Å². The van der Waals surface area contributed by atoms with E-state index in [0.717, 1.165) is 24.3 Å². The molecule has 0 radical (unpaired) electrons. The van der Waals surface area contributed by atoms with Crippen molar-refractivity contribution in [1.29, 1.82) is 0 Å². The highest BCUT2D eigenvalue weighted by Crippen LogP contribution is 2.39. The fourth-order valence-electron chi connectivity index (χ4n) is 3.88. The van der Waals surface area contributed by atoms with E-state index in [1.54, 1.807) is 17.5 Å². The Morgan fingerprint density at radius 2 is 2.00 bits per heavy atom. The number of aryl methyl sites for hydroxylation is 1. The van der Waals surface area contributed by atoms with Crippen molar-refractivity contribution in [3.63, 3.8) is 0 Å². The number of nitrogens with one attached hydrogen (secondary N) is 1. The first-order valence-corrected chi connectivity index (χ1v) is 8.53. The van der Waals surface area contributed by atoms with Gasteiger partial charge in [-0.05, 0) is 37.5 Å². The summed E-state index contributed by atoms with van der Waals surface area (Å²) in [5.41, 5.74) is 6.12. The first-order chi connectivity index (χ1) is 9.72. The number of hydrogen-bond acceptors (Lipinski definition) is 4. The Labute approximate surface area is 148 Å². The van der Waals surface area contributed by atoms with E-state index in [0.29, 0.717) is 30.3 Å². The number of hydrogen-bond donors (Lipinski definition) is 2. The lowest BCUT2D eigenvalue weighted by atomic mass is 9.67. The van der Waals surface area contributed by atoms with Crippen molar-refractivity contribution in [2.75, 3.05) is 0 Å². The molecule has 2 bridgehead atoms. The lowest BCUT2D eigenvalue weighted by Gasteiger charge is -2.45. The minimum atomic E-state index is 0. The lowest BCUT2D eigenvalue weighted by molar-refractivity contribution is -0.123. The second kappa shape index (κ2) is 9.06. The first-order valence-electron chi connectivity index (χ1n) is 7.65. The van der Waals surface area contributed by atoms with Crippen LogP contribution in [-0.2, 0) is 11.2 Å². The number of nitrogens with zero attached hydrogens (tertiary/aromatic N) is 1.